The van der Waals surface area contributed by atoms with Gasteiger partial charge in [-0.1, -0.05) is 18.5 Å². The van der Waals surface area contributed by atoms with Crippen molar-refractivity contribution in [3.63, 3.8) is 0 Å². The molecule has 2 rings (SSSR count). The number of rotatable bonds is 4. The lowest BCUT2D eigenvalue weighted by molar-refractivity contribution is -0.137. The van der Waals surface area contributed by atoms with E-state index >= 15 is 0 Å². The highest BCUT2D eigenvalue weighted by molar-refractivity contribution is 7.16. The number of carbonyl (C=O) groups excluding carboxylic acids is 1. The maximum Gasteiger partial charge on any atom is 0.240 e. The van der Waals surface area contributed by atoms with E-state index in [2.05, 4.69) is 17.1 Å². The molecule has 2 heterocycles. The smallest absolute Gasteiger partial charge is 0.240 e. The number of amides is 1. The molecule has 0 spiro atoms. The van der Waals surface area contributed by atoms with E-state index in [1.54, 1.807) is 11.3 Å². The van der Waals surface area contributed by atoms with Crippen LogP contribution in [0.3, 0.4) is 0 Å². The third-order valence-electron chi connectivity index (χ3n) is 4.01. The van der Waals surface area contributed by atoms with Crippen LogP contribution in [0.2, 0.25) is 4.34 Å². The first-order valence-electron chi connectivity index (χ1n) is 6.93. The molecule has 20 heavy (non-hydrogen) atoms. The molecule has 112 valence electrons. The lowest BCUT2D eigenvalue weighted by Crippen LogP contribution is -2.64. The van der Waals surface area contributed by atoms with Crippen LogP contribution in [0.15, 0.2) is 12.1 Å². The Labute approximate surface area is 129 Å². The van der Waals surface area contributed by atoms with Gasteiger partial charge < -0.3 is 11.1 Å². The van der Waals surface area contributed by atoms with Gasteiger partial charge in [0.1, 0.15) is 0 Å². The van der Waals surface area contributed by atoms with Crippen molar-refractivity contribution in [2.75, 3.05) is 13.1 Å². The van der Waals surface area contributed by atoms with E-state index in [0.717, 1.165) is 22.2 Å². The molecule has 0 aliphatic carbocycles. The normalized spacial score (nSPS) is 22.4. The van der Waals surface area contributed by atoms with Gasteiger partial charge in [0.25, 0.3) is 0 Å². The molecule has 0 saturated carbocycles. The van der Waals surface area contributed by atoms with Crippen LogP contribution >= 0.6 is 22.9 Å². The van der Waals surface area contributed by atoms with Crippen LogP contribution in [0.4, 0.5) is 0 Å². The summed E-state index contributed by atoms with van der Waals surface area (Å²) >= 11 is 7.62. The van der Waals surface area contributed by atoms with Crippen LogP contribution in [0.25, 0.3) is 0 Å². The third kappa shape index (κ3) is 2.86. The van der Waals surface area contributed by atoms with Crippen LogP contribution < -0.4 is 11.1 Å². The van der Waals surface area contributed by atoms with Gasteiger partial charge in [0.2, 0.25) is 5.91 Å². The Morgan fingerprint density at radius 2 is 2.25 bits per heavy atom. The summed E-state index contributed by atoms with van der Waals surface area (Å²) < 4.78 is 0.757. The number of hydrogen-bond acceptors (Lipinski definition) is 4. The fourth-order valence-electron chi connectivity index (χ4n) is 2.71. The Hall–Kier alpha value is -0.620. The van der Waals surface area contributed by atoms with Gasteiger partial charge in [0.15, 0.2) is 0 Å². The van der Waals surface area contributed by atoms with Crippen molar-refractivity contribution in [1.29, 1.82) is 0 Å². The molecule has 1 aliphatic rings. The first-order valence-corrected chi connectivity index (χ1v) is 8.13. The standard InChI is InChI=1S/C14H22ClN3OS/c1-4-9(16)12(10-5-6-11(15)20-10)18-8-7-17-13(19)14(18,2)3/h5-6,9,12H,4,7-8,16H2,1-3H3,(H,17,19). The number of thiophene rings is 1. The summed E-state index contributed by atoms with van der Waals surface area (Å²) in [6, 6.07) is 3.93. The summed E-state index contributed by atoms with van der Waals surface area (Å²) in [5, 5.41) is 2.93. The van der Waals surface area contributed by atoms with Crippen molar-refractivity contribution in [2.45, 2.75) is 44.8 Å². The molecule has 3 N–H and O–H groups in total. The highest BCUT2D eigenvalue weighted by Crippen LogP contribution is 2.37. The van der Waals surface area contributed by atoms with Crippen LogP contribution in [-0.2, 0) is 4.79 Å². The van der Waals surface area contributed by atoms with E-state index in [4.69, 9.17) is 17.3 Å². The van der Waals surface area contributed by atoms with Crippen molar-refractivity contribution in [1.82, 2.24) is 10.2 Å². The maximum atomic E-state index is 12.2. The van der Waals surface area contributed by atoms with E-state index in [1.807, 2.05) is 26.0 Å². The molecule has 4 nitrogen and oxygen atoms in total. The monoisotopic (exact) mass is 315 g/mol. The zero-order valence-corrected chi connectivity index (χ0v) is 13.7. The molecule has 2 unspecified atom stereocenters. The summed E-state index contributed by atoms with van der Waals surface area (Å²) in [4.78, 5) is 15.5. The van der Waals surface area contributed by atoms with Gasteiger partial charge in [0.05, 0.1) is 15.9 Å². The highest BCUT2D eigenvalue weighted by atomic mass is 35.5. The molecule has 1 saturated heterocycles. The van der Waals surface area contributed by atoms with Crippen molar-refractivity contribution >= 4 is 28.8 Å². The van der Waals surface area contributed by atoms with E-state index in [0.29, 0.717) is 6.54 Å². The van der Waals surface area contributed by atoms with Gasteiger partial charge >= 0.3 is 0 Å². The third-order valence-corrected chi connectivity index (χ3v) is 5.31. The van der Waals surface area contributed by atoms with E-state index in [-0.39, 0.29) is 18.0 Å². The highest BCUT2D eigenvalue weighted by Gasteiger charge is 2.43. The van der Waals surface area contributed by atoms with Crippen LogP contribution in [0.1, 0.15) is 38.1 Å². The van der Waals surface area contributed by atoms with E-state index in [1.165, 1.54) is 0 Å². The summed E-state index contributed by atoms with van der Waals surface area (Å²) in [5.74, 6) is 0.0553. The molecular formula is C14H22ClN3OS. The van der Waals surface area contributed by atoms with Gasteiger partial charge in [-0.3, -0.25) is 9.69 Å². The molecule has 1 aliphatic heterocycles. The molecule has 6 heteroatoms. The predicted molar refractivity (Wildman–Crippen MR) is 84.1 cm³/mol. The zero-order valence-electron chi connectivity index (χ0n) is 12.1. The largest absolute Gasteiger partial charge is 0.353 e. The number of nitrogens with one attached hydrogen (secondary N) is 1. The predicted octanol–water partition coefficient (Wildman–Crippen LogP) is 2.39. The minimum atomic E-state index is -0.563. The molecular weight excluding hydrogens is 294 g/mol. The second-order valence-corrected chi connectivity index (χ2v) is 7.41. The quantitative estimate of drug-likeness (QED) is 0.897. The lowest BCUT2D eigenvalue weighted by atomic mass is 9.92. The van der Waals surface area contributed by atoms with Crippen molar-refractivity contribution in [3.8, 4) is 0 Å². The SMILES string of the molecule is CCC(N)C(c1ccc(Cl)s1)N1CCNC(=O)C1(C)C. The van der Waals surface area contributed by atoms with Gasteiger partial charge in [-0.05, 0) is 32.4 Å². The zero-order chi connectivity index (χ0) is 14.9. The second-order valence-electron chi connectivity index (χ2n) is 5.67. The van der Waals surface area contributed by atoms with Crippen LogP contribution in [0.5, 0.6) is 0 Å². The minimum absolute atomic E-state index is 0.0186. The average Bonchev–Trinajstić information content (AvgIpc) is 2.81. The summed E-state index contributed by atoms with van der Waals surface area (Å²) in [5.41, 5.74) is 5.78. The maximum absolute atomic E-state index is 12.2. The number of carbonyl (C=O) groups is 1. The fraction of sp³-hybridized carbons (Fsp3) is 0.643. The van der Waals surface area contributed by atoms with Crippen molar-refractivity contribution in [3.05, 3.63) is 21.3 Å². The van der Waals surface area contributed by atoms with Crippen LogP contribution in [0, 0.1) is 0 Å². The van der Waals surface area contributed by atoms with Gasteiger partial charge in [-0.2, -0.15) is 0 Å². The number of nitrogens with two attached hydrogens (primary N) is 1. The summed E-state index contributed by atoms with van der Waals surface area (Å²) in [6.45, 7) is 7.43. The van der Waals surface area contributed by atoms with Crippen molar-refractivity contribution < 1.29 is 4.79 Å². The number of hydrogen-bond donors (Lipinski definition) is 2. The van der Waals surface area contributed by atoms with Gasteiger partial charge in [-0.15, -0.1) is 11.3 Å². The molecule has 0 aromatic carbocycles. The Balaban J connectivity index is 2.38. The van der Waals surface area contributed by atoms with E-state index in [9.17, 15) is 4.79 Å². The molecule has 0 bridgehead atoms. The van der Waals surface area contributed by atoms with Gasteiger partial charge in [0, 0.05) is 24.0 Å². The molecule has 1 fully saturated rings. The summed E-state index contributed by atoms with van der Waals surface area (Å²) in [6.07, 6.45) is 0.856. The minimum Gasteiger partial charge on any atom is -0.353 e. The molecule has 0 radical (unpaired) electrons. The Kier molecular flexibility index (Phi) is 4.74. The first-order chi connectivity index (χ1) is 9.37. The van der Waals surface area contributed by atoms with Crippen molar-refractivity contribution in [2.24, 2.45) is 5.73 Å². The molecule has 1 aromatic heterocycles. The Morgan fingerprint density at radius 1 is 1.55 bits per heavy atom. The summed E-state index contributed by atoms with van der Waals surface area (Å²) in [7, 11) is 0. The molecule has 1 aromatic rings. The van der Waals surface area contributed by atoms with Crippen LogP contribution in [-0.4, -0.2) is 35.5 Å². The fourth-order valence-corrected chi connectivity index (χ4v) is 3.96. The number of piperazine rings is 1. The van der Waals surface area contributed by atoms with E-state index < -0.39 is 5.54 Å². The Morgan fingerprint density at radius 3 is 2.80 bits per heavy atom. The Bertz CT molecular complexity index is 489. The average molecular weight is 316 g/mol. The second kappa shape index (κ2) is 6.02. The lowest BCUT2D eigenvalue weighted by Gasteiger charge is -2.47. The number of halogens is 1. The topological polar surface area (TPSA) is 58.4 Å². The van der Waals surface area contributed by atoms with Gasteiger partial charge in [-0.25, -0.2) is 0 Å². The molecule has 2 atom stereocenters. The number of nitrogens with zero attached hydrogens (tertiary/aromatic N) is 1. The molecule has 1 amide bonds. The first kappa shape index (κ1) is 15.8.